The summed E-state index contributed by atoms with van der Waals surface area (Å²) >= 11 is 5.23. The summed E-state index contributed by atoms with van der Waals surface area (Å²) in [6, 6.07) is 12.1. The van der Waals surface area contributed by atoms with Gasteiger partial charge in [0, 0.05) is 4.88 Å². The maximum Gasteiger partial charge on any atom is 0.320 e. The Kier molecular flexibility index (Phi) is 5.19. The van der Waals surface area contributed by atoms with E-state index < -0.39 is 12.0 Å². The Morgan fingerprint density at radius 2 is 2.09 bits per heavy atom. The lowest BCUT2D eigenvalue weighted by Gasteiger charge is -2.39. The number of carboxylic acid groups (broad SMARTS) is 1. The number of nitrogens with zero attached hydrogens (tertiary/aromatic N) is 1. The Balaban J connectivity index is 2.08. The fraction of sp³-hybridized carbons (Fsp3) is 0.389. The molecule has 0 saturated carbocycles. The first-order valence-electron chi connectivity index (χ1n) is 7.87. The van der Waals surface area contributed by atoms with Crippen LogP contribution in [0.15, 0.2) is 40.2 Å². The van der Waals surface area contributed by atoms with Crippen molar-refractivity contribution in [1.82, 2.24) is 4.90 Å². The average Bonchev–Trinajstić information content (AvgIpc) is 2.96. The fourth-order valence-electron chi connectivity index (χ4n) is 3.39. The van der Waals surface area contributed by atoms with Crippen molar-refractivity contribution in [2.24, 2.45) is 0 Å². The second-order valence-electron chi connectivity index (χ2n) is 5.99. The topological polar surface area (TPSA) is 40.5 Å². The average molecular weight is 394 g/mol. The molecular formula is C18H20BrNO2S. The van der Waals surface area contributed by atoms with E-state index in [0.29, 0.717) is 0 Å². The molecule has 5 heteroatoms. The fourth-order valence-corrected chi connectivity index (χ4v) is 4.96. The molecule has 3 rings (SSSR count). The zero-order chi connectivity index (χ0) is 16.4. The predicted molar refractivity (Wildman–Crippen MR) is 97.0 cm³/mol. The number of thiophene rings is 1. The number of carbonyl (C=O) groups is 1. The number of piperidine rings is 1. The van der Waals surface area contributed by atoms with Crippen molar-refractivity contribution >= 4 is 33.2 Å². The molecule has 0 aliphatic carbocycles. The van der Waals surface area contributed by atoms with E-state index in [0.717, 1.165) is 29.6 Å². The summed E-state index contributed by atoms with van der Waals surface area (Å²) in [7, 11) is 0. The highest BCUT2D eigenvalue weighted by atomic mass is 79.9. The molecule has 1 aromatic heterocycles. The molecule has 1 saturated heterocycles. The molecule has 2 atom stereocenters. The number of aliphatic carboxylic acids is 1. The van der Waals surface area contributed by atoms with E-state index in [9.17, 15) is 9.90 Å². The van der Waals surface area contributed by atoms with E-state index in [4.69, 9.17) is 0 Å². The van der Waals surface area contributed by atoms with Crippen LogP contribution in [0.25, 0.3) is 0 Å². The standard InChI is InChI=1S/C18H20BrNO2S/c1-12-6-2-3-7-13(12)17(15-9-10-16(19)23-15)20-11-5-4-8-14(20)18(21)22/h2-3,6-7,9-10,14,17H,4-5,8,11H2,1H3,(H,21,22). The first-order valence-corrected chi connectivity index (χ1v) is 9.48. The van der Waals surface area contributed by atoms with Gasteiger partial charge in [-0.15, -0.1) is 11.3 Å². The molecule has 122 valence electrons. The molecular weight excluding hydrogens is 374 g/mol. The minimum absolute atomic E-state index is 0.00824. The molecule has 2 heterocycles. The number of carboxylic acids is 1. The minimum atomic E-state index is -0.709. The van der Waals surface area contributed by atoms with Crippen molar-refractivity contribution < 1.29 is 9.90 Å². The summed E-state index contributed by atoms with van der Waals surface area (Å²) in [6.45, 7) is 2.93. The van der Waals surface area contributed by atoms with Crippen LogP contribution >= 0.6 is 27.3 Å². The number of hydrogen-bond acceptors (Lipinski definition) is 3. The smallest absolute Gasteiger partial charge is 0.320 e. The lowest BCUT2D eigenvalue weighted by molar-refractivity contribution is -0.145. The minimum Gasteiger partial charge on any atom is -0.480 e. The number of benzene rings is 1. The summed E-state index contributed by atoms with van der Waals surface area (Å²) in [4.78, 5) is 15.1. The molecule has 3 nitrogen and oxygen atoms in total. The number of halogens is 1. The van der Waals surface area contributed by atoms with Crippen LogP contribution in [0, 0.1) is 6.92 Å². The number of aryl methyl sites for hydroxylation is 1. The highest BCUT2D eigenvalue weighted by Gasteiger charge is 2.36. The first-order chi connectivity index (χ1) is 11.1. The van der Waals surface area contributed by atoms with Gasteiger partial charge in [-0.25, -0.2) is 0 Å². The largest absolute Gasteiger partial charge is 0.480 e. The van der Waals surface area contributed by atoms with Crippen molar-refractivity contribution in [3.8, 4) is 0 Å². The van der Waals surface area contributed by atoms with E-state index >= 15 is 0 Å². The van der Waals surface area contributed by atoms with Gasteiger partial charge in [-0.05, 0) is 65.5 Å². The van der Waals surface area contributed by atoms with E-state index in [1.807, 2.05) is 18.2 Å². The van der Waals surface area contributed by atoms with E-state index in [-0.39, 0.29) is 6.04 Å². The summed E-state index contributed by atoms with van der Waals surface area (Å²) < 4.78 is 1.08. The van der Waals surface area contributed by atoms with Crippen LogP contribution in [-0.2, 0) is 4.79 Å². The van der Waals surface area contributed by atoms with Crippen LogP contribution in [0.5, 0.6) is 0 Å². The maximum atomic E-state index is 11.8. The summed E-state index contributed by atoms with van der Waals surface area (Å²) in [5, 5.41) is 9.68. The van der Waals surface area contributed by atoms with Gasteiger partial charge in [-0.1, -0.05) is 30.7 Å². The molecule has 1 N–H and O–H groups in total. The molecule has 0 amide bonds. The lowest BCUT2D eigenvalue weighted by Crippen LogP contribution is -2.46. The van der Waals surface area contributed by atoms with Crippen LogP contribution in [0.2, 0.25) is 0 Å². The van der Waals surface area contributed by atoms with Crippen molar-refractivity contribution in [2.75, 3.05) is 6.54 Å². The van der Waals surface area contributed by atoms with Gasteiger partial charge in [0.2, 0.25) is 0 Å². The van der Waals surface area contributed by atoms with Crippen LogP contribution in [0.4, 0.5) is 0 Å². The van der Waals surface area contributed by atoms with Gasteiger partial charge < -0.3 is 5.11 Å². The lowest BCUT2D eigenvalue weighted by atomic mass is 9.93. The highest BCUT2D eigenvalue weighted by molar-refractivity contribution is 9.11. The number of rotatable bonds is 4. The van der Waals surface area contributed by atoms with Gasteiger partial charge >= 0.3 is 5.97 Å². The summed E-state index contributed by atoms with van der Waals surface area (Å²) in [6.07, 6.45) is 2.77. The third kappa shape index (κ3) is 3.52. The van der Waals surface area contributed by atoms with Gasteiger partial charge in [-0.2, -0.15) is 0 Å². The normalized spacial score (nSPS) is 20.3. The van der Waals surface area contributed by atoms with E-state index in [1.54, 1.807) is 11.3 Å². The van der Waals surface area contributed by atoms with Crippen LogP contribution in [-0.4, -0.2) is 28.6 Å². The molecule has 23 heavy (non-hydrogen) atoms. The van der Waals surface area contributed by atoms with Crippen molar-refractivity contribution in [1.29, 1.82) is 0 Å². The summed E-state index contributed by atoms with van der Waals surface area (Å²) in [5.74, 6) is -0.709. The Hall–Kier alpha value is -1.17. The molecule has 1 aliphatic rings. The molecule has 1 aromatic carbocycles. The maximum absolute atomic E-state index is 11.8. The second-order valence-corrected chi connectivity index (χ2v) is 8.48. The van der Waals surface area contributed by atoms with Gasteiger partial charge in [0.15, 0.2) is 0 Å². The van der Waals surface area contributed by atoms with Crippen molar-refractivity contribution in [2.45, 2.75) is 38.3 Å². The van der Waals surface area contributed by atoms with Crippen LogP contribution in [0.3, 0.4) is 0 Å². The highest BCUT2D eigenvalue weighted by Crippen LogP contribution is 2.39. The summed E-state index contributed by atoms with van der Waals surface area (Å²) in [5.41, 5.74) is 2.41. The number of hydrogen-bond donors (Lipinski definition) is 1. The Bertz CT molecular complexity index is 700. The van der Waals surface area contributed by atoms with Crippen LogP contribution < -0.4 is 0 Å². The third-order valence-corrected chi connectivity index (χ3v) is 6.18. The van der Waals surface area contributed by atoms with E-state index in [1.165, 1.54) is 16.0 Å². The van der Waals surface area contributed by atoms with E-state index in [2.05, 4.69) is 46.0 Å². The molecule has 1 aliphatic heterocycles. The second kappa shape index (κ2) is 7.16. The predicted octanol–water partition coefficient (Wildman–Crippen LogP) is 4.85. The zero-order valence-corrected chi connectivity index (χ0v) is 15.4. The molecule has 0 radical (unpaired) electrons. The number of likely N-dealkylation sites (tertiary alicyclic amines) is 1. The van der Waals surface area contributed by atoms with Gasteiger partial charge in [0.25, 0.3) is 0 Å². The Morgan fingerprint density at radius 3 is 2.74 bits per heavy atom. The molecule has 1 fully saturated rings. The van der Waals surface area contributed by atoms with Crippen molar-refractivity contribution in [3.63, 3.8) is 0 Å². The molecule has 0 spiro atoms. The van der Waals surface area contributed by atoms with Gasteiger partial charge in [-0.3, -0.25) is 9.69 Å². The van der Waals surface area contributed by atoms with Gasteiger partial charge in [0.05, 0.1) is 9.83 Å². The zero-order valence-electron chi connectivity index (χ0n) is 13.0. The molecule has 2 aromatic rings. The van der Waals surface area contributed by atoms with Gasteiger partial charge in [0.1, 0.15) is 6.04 Å². The third-order valence-electron chi connectivity index (χ3n) is 4.51. The monoisotopic (exact) mass is 393 g/mol. The Labute approximate surface area is 149 Å². The molecule has 0 bridgehead atoms. The Morgan fingerprint density at radius 1 is 1.30 bits per heavy atom. The van der Waals surface area contributed by atoms with Crippen molar-refractivity contribution in [3.05, 3.63) is 56.2 Å². The SMILES string of the molecule is Cc1ccccc1C(c1ccc(Br)s1)N1CCCCC1C(=O)O. The quantitative estimate of drug-likeness (QED) is 0.806. The first kappa shape index (κ1) is 16.7. The molecule has 2 unspecified atom stereocenters. The van der Waals surface area contributed by atoms with Crippen LogP contribution in [0.1, 0.15) is 41.3 Å².